The molecule has 0 bridgehead atoms. The summed E-state index contributed by atoms with van der Waals surface area (Å²) < 4.78 is 13.2. The van der Waals surface area contributed by atoms with Gasteiger partial charge in [0, 0.05) is 31.8 Å². The van der Waals surface area contributed by atoms with E-state index in [9.17, 15) is 4.79 Å². The fraction of sp³-hybridized carbons (Fsp3) is 0.611. The second-order valence-electron chi connectivity index (χ2n) is 7.25. The van der Waals surface area contributed by atoms with Gasteiger partial charge in [0.1, 0.15) is 11.3 Å². The van der Waals surface area contributed by atoms with Crippen LogP contribution in [0.3, 0.4) is 0 Å². The number of imidazole rings is 1. The van der Waals surface area contributed by atoms with Gasteiger partial charge in [0.15, 0.2) is 0 Å². The molecule has 2 aromatic heterocycles. The maximum absolute atomic E-state index is 13.0. The second-order valence-corrected chi connectivity index (χ2v) is 7.25. The molecule has 4 rings (SSSR count). The van der Waals surface area contributed by atoms with Crippen LogP contribution in [0.5, 0.6) is 0 Å². The quantitative estimate of drug-likeness (QED) is 0.831. The number of nitrogens with zero attached hydrogens (tertiary/aromatic N) is 4. The number of ether oxygens (including phenoxy) is 1. The van der Waals surface area contributed by atoms with Crippen LogP contribution >= 0.6 is 0 Å². The molecule has 7 heteroatoms. The zero-order valence-electron chi connectivity index (χ0n) is 15.0. The number of fused-ring (bicyclic) bond motifs is 1. The van der Waals surface area contributed by atoms with Gasteiger partial charge in [-0.25, -0.2) is 4.98 Å². The van der Waals surface area contributed by atoms with Crippen molar-refractivity contribution in [1.82, 2.24) is 19.6 Å². The van der Waals surface area contributed by atoms with Gasteiger partial charge in [-0.1, -0.05) is 5.16 Å². The lowest BCUT2D eigenvalue weighted by Crippen LogP contribution is -2.40. The van der Waals surface area contributed by atoms with Crippen molar-refractivity contribution in [2.75, 3.05) is 19.8 Å². The van der Waals surface area contributed by atoms with Crippen LogP contribution in [0.2, 0.25) is 0 Å². The number of aromatic nitrogens is 3. The lowest BCUT2D eigenvalue weighted by atomic mass is 9.98. The summed E-state index contributed by atoms with van der Waals surface area (Å²) in [6.45, 7) is 6.16. The Morgan fingerprint density at radius 3 is 2.84 bits per heavy atom. The molecule has 0 radical (unpaired) electrons. The lowest BCUT2D eigenvalue weighted by Gasteiger charge is -2.33. The van der Waals surface area contributed by atoms with Crippen molar-refractivity contribution in [3.63, 3.8) is 0 Å². The van der Waals surface area contributed by atoms with Gasteiger partial charge in [-0.05, 0) is 32.6 Å². The molecule has 2 aromatic rings. The van der Waals surface area contributed by atoms with Crippen LogP contribution in [0.1, 0.15) is 52.0 Å². The van der Waals surface area contributed by atoms with Gasteiger partial charge in [-0.2, -0.15) is 0 Å². The molecule has 0 saturated heterocycles. The number of hydrogen-bond acceptors (Lipinski definition) is 5. The van der Waals surface area contributed by atoms with Gasteiger partial charge in [0.2, 0.25) is 0 Å². The van der Waals surface area contributed by atoms with Crippen LogP contribution in [-0.2, 0) is 18.3 Å². The van der Waals surface area contributed by atoms with Crippen LogP contribution in [0.4, 0.5) is 0 Å². The van der Waals surface area contributed by atoms with Gasteiger partial charge in [-0.15, -0.1) is 0 Å². The van der Waals surface area contributed by atoms with Gasteiger partial charge in [-0.3, -0.25) is 4.79 Å². The molecular weight excluding hydrogens is 320 g/mol. The van der Waals surface area contributed by atoms with Crippen molar-refractivity contribution >= 4 is 5.91 Å². The fourth-order valence-corrected chi connectivity index (χ4v) is 3.63. The minimum atomic E-state index is -0.0419. The van der Waals surface area contributed by atoms with Crippen LogP contribution in [0, 0.1) is 19.8 Å². The summed E-state index contributed by atoms with van der Waals surface area (Å²) in [6.07, 6.45) is 4.37. The Balaban J connectivity index is 1.55. The molecule has 3 heterocycles. The summed E-state index contributed by atoms with van der Waals surface area (Å²) in [5.74, 6) is 1.39. The van der Waals surface area contributed by atoms with Crippen molar-refractivity contribution in [3.05, 3.63) is 34.7 Å². The van der Waals surface area contributed by atoms with Crippen molar-refractivity contribution in [2.24, 2.45) is 13.0 Å². The second kappa shape index (κ2) is 6.29. The van der Waals surface area contributed by atoms with Gasteiger partial charge >= 0.3 is 0 Å². The van der Waals surface area contributed by atoms with E-state index in [1.807, 2.05) is 18.3 Å². The highest BCUT2D eigenvalue weighted by molar-refractivity contribution is 5.96. The first-order valence-corrected chi connectivity index (χ1v) is 8.84. The van der Waals surface area contributed by atoms with Crippen LogP contribution in [-0.4, -0.2) is 45.3 Å². The largest absolute Gasteiger partial charge is 0.380 e. The van der Waals surface area contributed by atoms with Crippen molar-refractivity contribution in [3.8, 4) is 0 Å². The van der Waals surface area contributed by atoms with E-state index in [1.165, 1.54) is 18.5 Å². The molecule has 7 nitrogen and oxygen atoms in total. The molecule has 1 aliphatic carbocycles. The Morgan fingerprint density at radius 1 is 1.36 bits per heavy atom. The number of hydrogen-bond donors (Lipinski definition) is 0. The smallest absolute Gasteiger partial charge is 0.259 e. The van der Waals surface area contributed by atoms with E-state index in [0.717, 1.165) is 18.2 Å². The Morgan fingerprint density at radius 2 is 2.16 bits per heavy atom. The SMILES string of the molecule is Cc1noc(C)c1C(=O)N1Cc2ncn(C)c2C(COCC2CC2)C1. The van der Waals surface area contributed by atoms with Gasteiger partial charge in [0.25, 0.3) is 5.91 Å². The summed E-state index contributed by atoms with van der Waals surface area (Å²) in [5.41, 5.74) is 3.33. The summed E-state index contributed by atoms with van der Waals surface area (Å²) in [4.78, 5) is 19.3. The molecular formula is C18H24N4O3. The predicted molar refractivity (Wildman–Crippen MR) is 90.2 cm³/mol. The molecule has 0 spiro atoms. The number of rotatable bonds is 5. The number of carbonyl (C=O) groups excluding carboxylic acids is 1. The third kappa shape index (κ3) is 3.08. The zero-order valence-corrected chi connectivity index (χ0v) is 15.0. The van der Waals surface area contributed by atoms with E-state index in [2.05, 4.69) is 14.7 Å². The predicted octanol–water partition coefficient (Wildman–Crippen LogP) is 2.19. The van der Waals surface area contributed by atoms with Crippen LogP contribution in [0.15, 0.2) is 10.9 Å². The third-order valence-corrected chi connectivity index (χ3v) is 5.13. The van der Waals surface area contributed by atoms with Gasteiger partial charge in [0.05, 0.1) is 30.9 Å². The minimum absolute atomic E-state index is 0.0419. The molecule has 0 N–H and O–H groups in total. The maximum Gasteiger partial charge on any atom is 0.259 e. The molecule has 1 atom stereocenters. The van der Waals surface area contributed by atoms with E-state index in [1.54, 1.807) is 13.8 Å². The Labute approximate surface area is 146 Å². The average molecular weight is 344 g/mol. The van der Waals surface area contributed by atoms with E-state index in [4.69, 9.17) is 9.26 Å². The van der Waals surface area contributed by atoms with Crippen LogP contribution in [0.25, 0.3) is 0 Å². The van der Waals surface area contributed by atoms with Crippen molar-refractivity contribution in [2.45, 2.75) is 39.2 Å². The first-order chi connectivity index (χ1) is 12.0. The Hall–Kier alpha value is -2.15. The van der Waals surface area contributed by atoms with Gasteiger partial charge < -0.3 is 18.7 Å². The molecule has 134 valence electrons. The zero-order chi connectivity index (χ0) is 17.6. The fourth-order valence-electron chi connectivity index (χ4n) is 3.63. The highest BCUT2D eigenvalue weighted by Gasteiger charge is 2.34. The highest BCUT2D eigenvalue weighted by Crippen LogP contribution is 2.32. The standard InChI is InChI=1S/C18H24N4O3/c1-11-16(12(2)25-20-11)18(23)22-6-14(9-24-8-13-4-5-13)17-15(7-22)19-10-21(17)3/h10,13-14H,4-9H2,1-3H3. The van der Waals surface area contributed by atoms with E-state index in [0.29, 0.717) is 36.7 Å². The normalized spacial score (nSPS) is 20.0. The highest BCUT2D eigenvalue weighted by atomic mass is 16.5. The monoisotopic (exact) mass is 344 g/mol. The topological polar surface area (TPSA) is 73.4 Å². The third-order valence-electron chi connectivity index (χ3n) is 5.13. The molecule has 0 aromatic carbocycles. The Bertz CT molecular complexity index is 771. The Kier molecular flexibility index (Phi) is 4.11. The van der Waals surface area contributed by atoms with Crippen molar-refractivity contribution < 1.29 is 14.1 Å². The summed E-state index contributed by atoms with van der Waals surface area (Å²) in [7, 11) is 2.01. The average Bonchev–Trinajstić information content (AvgIpc) is 3.25. The minimum Gasteiger partial charge on any atom is -0.380 e. The molecule has 25 heavy (non-hydrogen) atoms. The molecule has 1 unspecified atom stereocenters. The first-order valence-electron chi connectivity index (χ1n) is 8.84. The summed E-state index contributed by atoms with van der Waals surface area (Å²) in [5, 5.41) is 3.91. The molecule has 2 aliphatic rings. The van der Waals surface area contributed by atoms with E-state index >= 15 is 0 Å². The van der Waals surface area contributed by atoms with Crippen LogP contribution < -0.4 is 0 Å². The molecule has 1 amide bonds. The summed E-state index contributed by atoms with van der Waals surface area (Å²) in [6, 6.07) is 0. The number of amides is 1. The van der Waals surface area contributed by atoms with Crippen molar-refractivity contribution in [1.29, 1.82) is 0 Å². The number of aryl methyl sites for hydroxylation is 3. The van der Waals surface area contributed by atoms with E-state index < -0.39 is 0 Å². The van der Waals surface area contributed by atoms with E-state index in [-0.39, 0.29) is 11.8 Å². The molecule has 1 fully saturated rings. The summed E-state index contributed by atoms with van der Waals surface area (Å²) >= 11 is 0. The molecule has 1 saturated carbocycles. The maximum atomic E-state index is 13.0. The number of carbonyl (C=O) groups is 1. The lowest BCUT2D eigenvalue weighted by molar-refractivity contribution is 0.0616. The first kappa shape index (κ1) is 16.3. The molecule has 1 aliphatic heterocycles.